The lowest BCUT2D eigenvalue weighted by Gasteiger charge is -2.62. The fraction of sp³-hybridized carbons (Fsp3) is 0.850. The highest BCUT2D eigenvalue weighted by Crippen LogP contribution is 2.61. The van der Waals surface area contributed by atoms with Crippen molar-refractivity contribution in [1.82, 2.24) is 4.90 Å². The number of likely N-dealkylation sites (tertiary alicyclic amines) is 1. The van der Waals surface area contributed by atoms with Gasteiger partial charge in [0.1, 0.15) is 0 Å². The molecule has 0 N–H and O–H groups in total. The van der Waals surface area contributed by atoms with Gasteiger partial charge in [-0.05, 0) is 94.7 Å². The molecule has 5 unspecified atom stereocenters. The highest BCUT2D eigenvalue weighted by atomic mass is 16.1. The molecule has 4 rings (SSSR count). The van der Waals surface area contributed by atoms with E-state index in [1.807, 2.05) is 6.08 Å². The SMILES string of the molecule is CN1CCCC2C3CCC4=CC(=O)CCC4(C)C3CCC21C. The molecule has 1 heterocycles. The lowest BCUT2D eigenvalue weighted by atomic mass is 9.47. The zero-order valence-electron chi connectivity index (χ0n) is 14.5. The van der Waals surface area contributed by atoms with Gasteiger partial charge in [-0.1, -0.05) is 12.5 Å². The zero-order chi connectivity index (χ0) is 15.5. The molecule has 0 amide bonds. The Morgan fingerprint density at radius 2 is 1.91 bits per heavy atom. The third-order valence-electron chi connectivity index (χ3n) is 8.20. The Bertz CT molecular complexity index is 524. The van der Waals surface area contributed by atoms with Crippen LogP contribution in [-0.4, -0.2) is 29.8 Å². The zero-order valence-corrected chi connectivity index (χ0v) is 14.5. The van der Waals surface area contributed by atoms with Crippen LogP contribution in [0.4, 0.5) is 0 Å². The van der Waals surface area contributed by atoms with Gasteiger partial charge in [-0.2, -0.15) is 0 Å². The van der Waals surface area contributed by atoms with Gasteiger partial charge in [0, 0.05) is 12.0 Å². The van der Waals surface area contributed by atoms with E-state index in [4.69, 9.17) is 0 Å². The predicted octanol–water partition coefficient (Wildman–Crippen LogP) is 4.20. The van der Waals surface area contributed by atoms with E-state index >= 15 is 0 Å². The Morgan fingerprint density at radius 3 is 2.73 bits per heavy atom. The molecule has 5 atom stereocenters. The van der Waals surface area contributed by atoms with Gasteiger partial charge in [0.05, 0.1) is 0 Å². The molecule has 1 saturated heterocycles. The van der Waals surface area contributed by atoms with Crippen LogP contribution in [0.25, 0.3) is 0 Å². The second-order valence-electron chi connectivity index (χ2n) is 8.93. The Balaban J connectivity index is 1.68. The topological polar surface area (TPSA) is 20.3 Å². The molecule has 2 heteroatoms. The summed E-state index contributed by atoms with van der Waals surface area (Å²) in [6.45, 7) is 6.30. The van der Waals surface area contributed by atoms with Crippen molar-refractivity contribution in [1.29, 1.82) is 0 Å². The van der Waals surface area contributed by atoms with Crippen LogP contribution < -0.4 is 0 Å². The normalized spacial score (nSPS) is 49.0. The first kappa shape index (κ1) is 14.9. The lowest BCUT2D eigenvalue weighted by Crippen LogP contribution is -2.61. The number of carbonyl (C=O) groups is 1. The largest absolute Gasteiger partial charge is 0.301 e. The summed E-state index contributed by atoms with van der Waals surface area (Å²) in [6, 6.07) is 0. The van der Waals surface area contributed by atoms with Crippen molar-refractivity contribution in [3.63, 3.8) is 0 Å². The Labute approximate surface area is 135 Å². The van der Waals surface area contributed by atoms with Gasteiger partial charge in [0.2, 0.25) is 0 Å². The molecule has 1 aliphatic heterocycles. The van der Waals surface area contributed by atoms with E-state index < -0.39 is 0 Å². The predicted molar refractivity (Wildman–Crippen MR) is 89.6 cm³/mol. The van der Waals surface area contributed by atoms with Crippen LogP contribution in [0.5, 0.6) is 0 Å². The molecule has 0 aromatic heterocycles. The number of nitrogens with zero attached hydrogens (tertiary/aromatic N) is 1. The standard InChI is InChI=1S/C20H31NO/c1-19-10-8-15(22)13-14(19)6-7-16-17(19)9-11-20(2)18(16)5-4-12-21(20)3/h13,16-18H,4-12H2,1-3H3. The summed E-state index contributed by atoms with van der Waals surface area (Å²) in [5.41, 5.74) is 2.26. The van der Waals surface area contributed by atoms with Gasteiger partial charge in [-0.25, -0.2) is 0 Å². The van der Waals surface area contributed by atoms with E-state index in [0.29, 0.717) is 16.7 Å². The molecule has 0 aromatic carbocycles. The van der Waals surface area contributed by atoms with Gasteiger partial charge in [0.15, 0.2) is 5.78 Å². The second-order valence-corrected chi connectivity index (χ2v) is 8.93. The molecule has 0 bridgehead atoms. The first-order chi connectivity index (χ1) is 10.4. The first-order valence-electron chi connectivity index (χ1n) is 9.40. The number of carbonyl (C=O) groups excluding carboxylic acids is 1. The van der Waals surface area contributed by atoms with Crippen molar-refractivity contribution in [2.75, 3.05) is 13.6 Å². The lowest BCUT2D eigenvalue weighted by molar-refractivity contribution is -0.119. The van der Waals surface area contributed by atoms with Crippen molar-refractivity contribution in [2.45, 2.75) is 70.8 Å². The van der Waals surface area contributed by atoms with Crippen LogP contribution in [0.3, 0.4) is 0 Å². The molecule has 0 spiro atoms. The van der Waals surface area contributed by atoms with E-state index in [1.165, 1.54) is 50.6 Å². The van der Waals surface area contributed by atoms with Gasteiger partial charge in [-0.15, -0.1) is 0 Å². The van der Waals surface area contributed by atoms with E-state index in [2.05, 4.69) is 25.8 Å². The second kappa shape index (κ2) is 4.93. The van der Waals surface area contributed by atoms with Gasteiger partial charge in [0.25, 0.3) is 0 Å². The molecule has 22 heavy (non-hydrogen) atoms. The molecule has 3 fully saturated rings. The van der Waals surface area contributed by atoms with Crippen LogP contribution in [0.15, 0.2) is 11.6 Å². The van der Waals surface area contributed by atoms with E-state index in [-0.39, 0.29) is 0 Å². The van der Waals surface area contributed by atoms with E-state index in [9.17, 15) is 4.79 Å². The van der Waals surface area contributed by atoms with Crippen molar-refractivity contribution in [3.05, 3.63) is 11.6 Å². The number of ketones is 1. The first-order valence-corrected chi connectivity index (χ1v) is 9.40. The highest BCUT2D eigenvalue weighted by Gasteiger charge is 2.56. The number of rotatable bonds is 0. The van der Waals surface area contributed by atoms with E-state index in [0.717, 1.165) is 30.6 Å². The van der Waals surface area contributed by atoms with Crippen molar-refractivity contribution >= 4 is 5.78 Å². The fourth-order valence-electron chi connectivity index (χ4n) is 6.66. The third kappa shape index (κ3) is 1.92. The molecule has 3 aliphatic carbocycles. The Morgan fingerprint density at radius 1 is 1.09 bits per heavy atom. The number of hydrogen-bond acceptors (Lipinski definition) is 2. The average Bonchev–Trinajstić information content (AvgIpc) is 2.49. The highest BCUT2D eigenvalue weighted by molar-refractivity contribution is 5.91. The van der Waals surface area contributed by atoms with Crippen molar-refractivity contribution in [2.24, 2.45) is 23.2 Å². The van der Waals surface area contributed by atoms with Gasteiger partial charge >= 0.3 is 0 Å². The minimum Gasteiger partial charge on any atom is -0.301 e. The summed E-state index contributed by atoms with van der Waals surface area (Å²) < 4.78 is 0. The maximum Gasteiger partial charge on any atom is 0.155 e. The molecule has 2 saturated carbocycles. The van der Waals surface area contributed by atoms with Crippen LogP contribution in [0.1, 0.15) is 65.2 Å². The summed E-state index contributed by atoms with van der Waals surface area (Å²) in [7, 11) is 2.35. The molecule has 122 valence electrons. The van der Waals surface area contributed by atoms with Crippen LogP contribution >= 0.6 is 0 Å². The number of piperidine rings is 1. The molecule has 2 nitrogen and oxygen atoms in total. The fourth-order valence-corrected chi connectivity index (χ4v) is 6.66. The molecule has 4 aliphatic rings. The summed E-state index contributed by atoms with van der Waals surface area (Å²) in [5, 5.41) is 0. The summed E-state index contributed by atoms with van der Waals surface area (Å²) in [4.78, 5) is 14.5. The van der Waals surface area contributed by atoms with Crippen molar-refractivity contribution < 1.29 is 4.79 Å². The third-order valence-corrected chi connectivity index (χ3v) is 8.20. The maximum atomic E-state index is 11.9. The Kier molecular flexibility index (Phi) is 3.35. The van der Waals surface area contributed by atoms with Gasteiger partial charge < -0.3 is 4.90 Å². The van der Waals surface area contributed by atoms with Crippen LogP contribution in [0.2, 0.25) is 0 Å². The maximum absolute atomic E-state index is 11.9. The quantitative estimate of drug-likeness (QED) is 0.668. The molecule has 0 aromatic rings. The smallest absolute Gasteiger partial charge is 0.155 e. The number of fused-ring (bicyclic) bond motifs is 5. The summed E-state index contributed by atoms with van der Waals surface area (Å²) in [5.74, 6) is 2.96. The number of allylic oxidation sites excluding steroid dienone is 2. The van der Waals surface area contributed by atoms with Crippen LogP contribution in [0, 0.1) is 23.2 Å². The van der Waals surface area contributed by atoms with Crippen molar-refractivity contribution in [3.8, 4) is 0 Å². The average molecular weight is 301 g/mol. The summed E-state index contributed by atoms with van der Waals surface area (Å²) >= 11 is 0. The molecule has 0 radical (unpaired) electrons. The van der Waals surface area contributed by atoms with Gasteiger partial charge in [-0.3, -0.25) is 4.79 Å². The molecular formula is C20H31NO. The van der Waals surface area contributed by atoms with E-state index in [1.54, 1.807) is 0 Å². The van der Waals surface area contributed by atoms with Crippen LogP contribution in [-0.2, 0) is 4.79 Å². The summed E-state index contributed by atoms with van der Waals surface area (Å²) in [6.07, 6.45) is 11.9. The molecular weight excluding hydrogens is 270 g/mol. The minimum atomic E-state index is 0.328. The number of hydrogen-bond donors (Lipinski definition) is 0. The monoisotopic (exact) mass is 301 g/mol. The minimum absolute atomic E-state index is 0.328. The Hall–Kier alpha value is -0.630.